The summed E-state index contributed by atoms with van der Waals surface area (Å²) < 4.78 is 0. The first-order valence-corrected chi connectivity index (χ1v) is 7.85. The number of hydrogen-bond acceptors (Lipinski definition) is 9. The predicted molar refractivity (Wildman–Crippen MR) is 80.7 cm³/mol. The van der Waals surface area contributed by atoms with Crippen molar-refractivity contribution in [2.24, 2.45) is 11.1 Å². The molecule has 2 aliphatic heterocycles. The predicted octanol–water partition coefficient (Wildman–Crippen LogP) is -1.06. The van der Waals surface area contributed by atoms with Crippen molar-refractivity contribution in [3.05, 3.63) is 0 Å². The van der Waals surface area contributed by atoms with Crippen molar-refractivity contribution < 1.29 is 38.4 Å². The lowest BCUT2D eigenvalue weighted by Gasteiger charge is -2.37. The van der Waals surface area contributed by atoms with Gasteiger partial charge in [0.15, 0.2) is 0 Å². The third kappa shape index (κ3) is 3.17. The molecule has 0 aromatic carbocycles. The quantitative estimate of drug-likeness (QED) is 0.597. The maximum Gasteiger partial charge on any atom is 0.353 e. The number of hydrogen-bond donors (Lipinski definition) is 1. The molecule has 11 heteroatoms. The molecule has 0 aromatic heterocycles. The molecule has 11 nitrogen and oxygen atoms in total. The number of carbonyl (C=O) groups excluding carboxylic acids is 6. The molecule has 1 atom stereocenters. The van der Waals surface area contributed by atoms with Crippen LogP contribution in [0.25, 0.3) is 0 Å². The van der Waals surface area contributed by atoms with Crippen molar-refractivity contribution >= 4 is 35.6 Å². The van der Waals surface area contributed by atoms with Gasteiger partial charge in [0.05, 0.1) is 5.41 Å². The summed E-state index contributed by atoms with van der Waals surface area (Å²) in [4.78, 5) is 80.6. The van der Waals surface area contributed by atoms with Crippen LogP contribution in [0.3, 0.4) is 0 Å². The molecule has 0 saturated carbocycles. The first kappa shape index (κ1) is 19.5. The van der Waals surface area contributed by atoms with Crippen molar-refractivity contribution in [1.29, 1.82) is 0 Å². The highest BCUT2D eigenvalue weighted by Crippen LogP contribution is 2.33. The van der Waals surface area contributed by atoms with Crippen LogP contribution in [0.15, 0.2) is 0 Å². The number of carbonyl (C=O) groups is 6. The summed E-state index contributed by atoms with van der Waals surface area (Å²) in [7, 11) is 0. The summed E-state index contributed by atoms with van der Waals surface area (Å²) in [5.74, 6) is -5.12. The second kappa shape index (κ2) is 6.48. The monoisotopic (exact) mass is 369 g/mol. The third-order valence-electron chi connectivity index (χ3n) is 4.59. The van der Waals surface area contributed by atoms with Gasteiger partial charge in [-0.1, -0.05) is 0 Å². The largest absolute Gasteiger partial charge is 0.353 e. The number of nitrogens with zero attached hydrogens (tertiary/aromatic N) is 2. The molecule has 0 aromatic rings. The number of hydroxylamine groups is 4. The Labute approximate surface area is 148 Å². The lowest BCUT2D eigenvalue weighted by Crippen LogP contribution is -2.62. The second-order valence-corrected chi connectivity index (χ2v) is 6.75. The molecular formula is C15H19N3O8. The second-order valence-electron chi connectivity index (χ2n) is 6.75. The van der Waals surface area contributed by atoms with Crippen LogP contribution >= 0.6 is 0 Å². The molecule has 26 heavy (non-hydrogen) atoms. The van der Waals surface area contributed by atoms with E-state index in [4.69, 9.17) is 15.4 Å². The minimum absolute atomic E-state index is 0.0896. The molecule has 142 valence electrons. The Balaban J connectivity index is 2.14. The third-order valence-corrected chi connectivity index (χ3v) is 4.59. The van der Waals surface area contributed by atoms with Gasteiger partial charge in [-0.2, -0.15) is 0 Å². The van der Waals surface area contributed by atoms with Crippen LogP contribution in [0.2, 0.25) is 0 Å². The normalized spacial score (nSPS) is 20.5. The first-order chi connectivity index (χ1) is 11.9. The summed E-state index contributed by atoms with van der Waals surface area (Å²) in [6.45, 7) is 3.64. The summed E-state index contributed by atoms with van der Waals surface area (Å²) >= 11 is 0. The van der Waals surface area contributed by atoms with E-state index in [-0.39, 0.29) is 25.7 Å². The van der Waals surface area contributed by atoms with Crippen LogP contribution in [-0.2, 0) is 38.4 Å². The van der Waals surface area contributed by atoms with Gasteiger partial charge in [-0.05, 0) is 20.8 Å². The van der Waals surface area contributed by atoms with E-state index < -0.39 is 46.5 Å². The van der Waals surface area contributed by atoms with Gasteiger partial charge in [0, 0.05) is 25.7 Å². The van der Waals surface area contributed by atoms with E-state index in [9.17, 15) is 28.8 Å². The highest BCUT2D eigenvalue weighted by atomic mass is 16.7. The Morgan fingerprint density at radius 1 is 0.769 bits per heavy atom. The maximum absolute atomic E-state index is 12.4. The highest BCUT2D eigenvalue weighted by molar-refractivity contribution is 6.03. The average Bonchev–Trinajstić information content (AvgIpc) is 3.04. The van der Waals surface area contributed by atoms with Gasteiger partial charge in [-0.25, -0.2) is 9.59 Å². The van der Waals surface area contributed by atoms with Crippen molar-refractivity contribution in [2.45, 2.75) is 52.0 Å². The van der Waals surface area contributed by atoms with Gasteiger partial charge in [0.25, 0.3) is 23.6 Å². The topological polar surface area (TPSA) is 153 Å². The van der Waals surface area contributed by atoms with Crippen molar-refractivity contribution in [2.75, 3.05) is 0 Å². The van der Waals surface area contributed by atoms with Crippen molar-refractivity contribution in [3.63, 3.8) is 0 Å². The fourth-order valence-corrected chi connectivity index (χ4v) is 2.16. The molecule has 2 fully saturated rings. The number of nitrogens with two attached hydrogens (primary N) is 1. The summed E-state index contributed by atoms with van der Waals surface area (Å²) in [5, 5.41) is 0.640. The number of amides is 4. The zero-order valence-corrected chi connectivity index (χ0v) is 14.6. The molecule has 0 spiro atoms. The van der Waals surface area contributed by atoms with Gasteiger partial charge in [0.1, 0.15) is 5.54 Å². The van der Waals surface area contributed by atoms with Crippen LogP contribution in [-0.4, -0.2) is 51.2 Å². The van der Waals surface area contributed by atoms with Gasteiger partial charge < -0.3 is 15.4 Å². The van der Waals surface area contributed by atoms with E-state index in [0.717, 1.165) is 6.92 Å². The Kier molecular flexibility index (Phi) is 4.86. The van der Waals surface area contributed by atoms with E-state index >= 15 is 0 Å². The fourth-order valence-electron chi connectivity index (χ4n) is 2.16. The molecule has 0 radical (unpaired) electrons. The lowest BCUT2D eigenvalue weighted by molar-refractivity contribution is -0.214. The Hall–Kier alpha value is -2.82. The molecule has 2 saturated heterocycles. The number of imide groups is 2. The van der Waals surface area contributed by atoms with E-state index in [2.05, 4.69) is 0 Å². The molecule has 4 amide bonds. The maximum atomic E-state index is 12.4. The van der Waals surface area contributed by atoms with Gasteiger partial charge in [0.2, 0.25) is 0 Å². The van der Waals surface area contributed by atoms with Crippen LogP contribution in [0.1, 0.15) is 46.5 Å². The van der Waals surface area contributed by atoms with Crippen molar-refractivity contribution in [1.82, 2.24) is 10.1 Å². The van der Waals surface area contributed by atoms with Crippen LogP contribution in [0, 0.1) is 5.41 Å². The summed E-state index contributed by atoms with van der Waals surface area (Å²) in [6.07, 6.45) is -0.378. The zero-order chi connectivity index (χ0) is 19.9. The van der Waals surface area contributed by atoms with Gasteiger partial charge in [-0.15, -0.1) is 10.1 Å². The molecule has 2 aliphatic rings. The zero-order valence-electron chi connectivity index (χ0n) is 14.6. The van der Waals surface area contributed by atoms with E-state index in [0.29, 0.717) is 10.1 Å². The fraction of sp³-hybridized carbons (Fsp3) is 0.600. The van der Waals surface area contributed by atoms with Gasteiger partial charge in [-0.3, -0.25) is 19.2 Å². The van der Waals surface area contributed by atoms with Crippen LogP contribution in [0.5, 0.6) is 0 Å². The minimum Gasteiger partial charge on any atom is -0.330 e. The molecule has 0 aliphatic carbocycles. The van der Waals surface area contributed by atoms with E-state index in [1.54, 1.807) is 0 Å². The van der Waals surface area contributed by atoms with Crippen LogP contribution < -0.4 is 5.73 Å². The van der Waals surface area contributed by atoms with Crippen LogP contribution in [0.4, 0.5) is 0 Å². The number of rotatable bonds is 5. The molecule has 0 bridgehead atoms. The smallest absolute Gasteiger partial charge is 0.330 e. The average molecular weight is 369 g/mol. The SMILES string of the molecule is CC(C)(C(=O)ON1C(=O)CCC1=O)C(C)(N)C(=O)ON1C(=O)CCC1=O. The molecular weight excluding hydrogens is 350 g/mol. The summed E-state index contributed by atoms with van der Waals surface area (Å²) in [6, 6.07) is 0. The summed E-state index contributed by atoms with van der Waals surface area (Å²) in [5.41, 5.74) is 2.13. The highest BCUT2D eigenvalue weighted by Gasteiger charge is 2.54. The van der Waals surface area contributed by atoms with E-state index in [1.807, 2.05) is 0 Å². The Morgan fingerprint density at radius 3 is 1.42 bits per heavy atom. The molecule has 2 N–H and O–H groups in total. The standard InChI is InChI=1S/C15H19N3O8/c1-14(2,12(23)25-17-8(19)4-5-9(17)20)15(3,16)13(24)26-18-10(21)6-7-11(18)22/h4-7,16H2,1-3H3. The Bertz CT molecular complexity index is 620. The minimum atomic E-state index is -2.04. The van der Waals surface area contributed by atoms with Gasteiger partial charge >= 0.3 is 11.9 Å². The lowest BCUT2D eigenvalue weighted by atomic mass is 9.74. The molecule has 2 heterocycles. The molecule has 1 unspecified atom stereocenters. The Morgan fingerprint density at radius 2 is 1.08 bits per heavy atom. The molecule has 2 rings (SSSR count). The van der Waals surface area contributed by atoms with E-state index in [1.165, 1.54) is 13.8 Å². The van der Waals surface area contributed by atoms with Crippen molar-refractivity contribution in [3.8, 4) is 0 Å². The first-order valence-electron chi connectivity index (χ1n) is 7.85.